The predicted molar refractivity (Wildman–Crippen MR) is 102 cm³/mol. The highest BCUT2D eigenvalue weighted by molar-refractivity contribution is 7.09. The summed E-state index contributed by atoms with van der Waals surface area (Å²) in [6, 6.07) is 6.61. The average molecular weight is 373 g/mol. The quantitative estimate of drug-likeness (QED) is 0.791. The summed E-state index contributed by atoms with van der Waals surface area (Å²) in [4.78, 5) is 8.96. The molecule has 0 spiro atoms. The van der Waals surface area contributed by atoms with Crippen LogP contribution in [0.2, 0.25) is 0 Å². The van der Waals surface area contributed by atoms with Crippen LogP contribution in [0.4, 0.5) is 4.39 Å². The molecule has 4 nitrogen and oxygen atoms in total. The topological polar surface area (TPSA) is 39.6 Å². The van der Waals surface area contributed by atoms with Crippen molar-refractivity contribution in [1.82, 2.24) is 14.8 Å². The first-order valence-electron chi connectivity index (χ1n) is 8.74. The first kappa shape index (κ1) is 19.0. The molecule has 1 aliphatic rings. The van der Waals surface area contributed by atoms with Crippen molar-refractivity contribution in [1.29, 1.82) is 0 Å². The molecule has 6 heteroatoms. The van der Waals surface area contributed by atoms with Gasteiger partial charge in [-0.25, -0.2) is 9.37 Å². The lowest BCUT2D eigenvalue weighted by molar-refractivity contribution is -0.0307. The van der Waals surface area contributed by atoms with Crippen LogP contribution in [0.15, 0.2) is 29.6 Å². The molecular weight excluding hydrogens is 349 g/mol. The molecule has 2 aromatic rings. The molecule has 0 unspecified atom stereocenters. The molecule has 1 saturated heterocycles. The van der Waals surface area contributed by atoms with Crippen molar-refractivity contribution >= 4 is 11.3 Å². The number of terminal acetylenes is 1. The number of thiazole rings is 1. The Labute approximate surface area is 158 Å². The molecule has 1 fully saturated rings. The Morgan fingerprint density at radius 1 is 1.35 bits per heavy atom. The van der Waals surface area contributed by atoms with Crippen molar-refractivity contribution in [3.05, 3.63) is 51.7 Å². The number of benzene rings is 1. The Morgan fingerprint density at radius 2 is 2.04 bits per heavy atom. The Balaban J connectivity index is 1.56. The van der Waals surface area contributed by atoms with Crippen LogP contribution in [0.5, 0.6) is 0 Å². The highest BCUT2D eigenvalue weighted by Crippen LogP contribution is 2.34. The molecule has 1 aliphatic heterocycles. The zero-order valence-corrected chi connectivity index (χ0v) is 15.8. The number of hydrogen-bond acceptors (Lipinski definition) is 5. The normalized spacial score (nSPS) is 17.3. The van der Waals surface area contributed by atoms with Crippen LogP contribution in [0.25, 0.3) is 0 Å². The average Bonchev–Trinajstić information content (AvgIpc) is 3.08. The van der Waals surface area contributed by atoms with Crippen LogP contribution in [0.3, 0.4) is 0 Å². The number of nitrogens with zero attached hydrogens (tertiary/aromatic N) is 3. The van der Waals surface area contributed by atoms with E-state index in [1.807, 2.05) is 29.5 Å². The molecule has 1 N–H and O–H groups in total. The summed E-state index contributed by atoms with van der Waals surface area (Å²) in [6.45, 7) is 3.63. The van der Waals surface area contributed by atoms with Crippen molar-refractivity contribution in [2.45, 2.75) is 31.5 Å². The second-order valence-electron chi connectivity index (χ2n) is 6.94. The van der Waals surface area contributed by atoms with Crippen LogP contribution >= 0.6 is 11.3 Å². The minimum absolute atomic E-state index is 0.214. The maximum atomic E-state index is 13.0. The van der Waals surface area contributed by atoms with E-state index >= 15 is 0 Å². The summed E-state index contributed by atoms with van der Waals surface area (Å²) in [6.07, 6.45) is 6.63. The monoisotopic (exact) mass is 373 g/mol. The fourth-order valence-electron chi connectivity index (χ4n) is 3.23. The van der Waals surface area contributed by atoms with Crippen LogP contribution in [0.1, 0.15) is 29.1 Å². The van der Waals surface area contributed by atoms with Gasteiger partial charge in [0, 0.05) is 25.0 Å². The van der Waals surface area contributed by atoms with Gasteiger partial charge in [0.2, 0.25) is 0 Å². The zero-order valence-electron chi connectivity index (χ0n) is 15.0. The van der Waals surface area contributed by atoms with Crippen molar-refractivity contribution in [3.8, 4) is 12.3 Å². The molecule has 1 aromatic carbocycles. The second kappa shape index (κ2) is 8.28. The Hall–Kier alpha value is -1.78. The van der Waals surface area contributed by atoms with Crippen LogP contribution in [0, 0.1) is 18.2 Å². The Kier molecular flexibility index (Phi) is 6.05. The largest absolute Gasteiger partial charge is 0.383 e. The van der Waals surface area contributed by atoms with Gasteiger partial charge in [-0.3, -0.25) is 9.80 Å². The molecule has 2 heterocycles. The Bertz CT molecular complexity index is 760. The predicted octanol–water partition coefficient (Wildman–Crippen LogP) is 2.83. The number of likely N-dealkylation sites (tertiary alicyclic amines) is 1. The highest BCUT2D eigenvalue weighted by atomic mass is 32.1. The molecule has 1 aromatic heterocycles. The van der Waals surface area contributed by atoms with E-state index < -0.39 is 5.60 Å². The van der Waals surface area contributed by atoms with Gasteiger partial charge in [0.25, 0.3) is 0 Å². The molecule has 0 bridgehead atoms. The van der Waals surface area contributed by atoms with Crippen molar-refractivity contribution < 1.29 is 9.50 Å². The second-order valence-corrected chi connectivity index (χ2v) is 7.88. The van der Waals surface area contributed by atoms with Gasteiger partial charge >= 0.3 is 0 Å². The van der Waals surface area contributed by atoms with E-state index in [4.69, 9.17) is 6.42 Å². The van der Waals surface area contributed by atoms with Gasteiger partial charge in [-0.05, 0) is 37.6 Å². The summed E-state index contributed by atoms with van der Waals surface area (Å²) in [7, 11) is 1.96. The lowest BCUT2D eigenvalue weighted by Gasteiger charge is -2.37. The van der Waals surface area contributed by atoms with Gasteiger partial charge in [-0.15, -0.1) is 17.8 Å². The molecule has 0 aliphatic carbocycles. The molecular formula is C20H24FN3OS. The summed E-state index contributed by atoms with van der Waals surface area (Å²) < 4.78 is 13.0. The number of aliphatic hydroxyl groups is 1. The van der Waals surface area contributed by atoms with E-state index in [1.54, 1.807) is 11.3 Å². The molecule has 0 saturated carbocycles. The molecule has 0 amide bonds. The number of piperidine rings is 1. The first-order chi connectivity index (χ1) is 12.5. The summed E-state index contributed by atoms with van der Waals surface area (Å²) in [5.41, 5.74) is 0.996. The SMILES string of the molecule is C#CCN(C)Cc1nc(C2(O)CCN(Cc3ccc(F)cc3)CC2)cs1. The van der Waals surface area contributed by atoms with E-state index in [-0.39, 0.29) is 5.82 Å². The minimum Gasteiger partial charge on any atom is -0.383 e. The summed E-state index contributed by atoms with van der Waals surface area (Å²) in [5.74, 6) is 2.41. The van der Waals surface area contributed by atoms with Gasteiger partial charge in [-0.2, -0.15) is 0 Å². The maximum Gasteiger partial charge on any atom is 0.123 e. The van der Waals surface area contributed by atoms with Crippen LogP contribution in [-0.4, -0.2) is 46.6 Å². The lowest BCUT2D eigenvalue weighted by atomic mass is 9.88. The van der Waals surface area contributed by atoms with Crippen LogP contribution < -0.4 is 0 Å². The minimum atomic E-state index is -0.862. The number of aromatic nitrogens is 1. The maximum absolute atomic E-state index is 13.0. The van der Waals surface area contributed by atoms with Gasteiger partial charge in [0.15, 0.2) is 0 Å². The third-order valence-electron chi connectivity index (χ3n) is 4.80. The standard InChI is InChI=1S/C20H24FN3OS/c1-3-10-23(2)14-19-22-18(15-26-19)20(25)8-11-24(12-9-20)13-16-4-6-17(21)7-5-16/h1,4-7,15,25H,8-14H2,2H3. The third kappa shape index (κ3) is 4.68. The first-order valence-corrected chi connectivity index (χ1v) is 9.62. The fourth-order valence-corrected chi connectivity index (χ4v) is 4.19. The van der Waals surface area contributed by atoms with E-state index in [0.717, 1.165) is 35.9 Å². The van der Waals surface area contributed by atoms with E-state index in [2.05, 4.69) is 15.8 Å². The highest BCUT2D eigenvalue weighted by Gasteiger charge is 2.36. The molecule has 26 heavy (non-hydrogen) atoms. The third-order valence-corrected chi connectivity index (χ3v) is 5.63. The lowest BCUT2D eigenvalue weighted by Crippen LogP contribution is -2.42. The molecule has 0 atom stereocenters. The number of hydrogen-bond donors (Lipinski definition) is 1. The number of halogens is 1. The van der Waals surface area contributed by atoms with E-state index in [9.17, 15) is 9.50 Å². The van der Waals surface area contributed by atoms with Crippen LogP contribution in [-0.2, 0) is 18.7 Å². The molecule has 3 rings (SSSR count). The van der Waals surface area contributed by atoms with Gasteiger partial charge in [0.1, 0.15) is 16.4 Å². The Morgan fingerprint density at radius 3 is 2.69 bits per heavy atom. The van der Waals surface area contributed by atoms with Crippen molar-refractivity contribution in [2.24, 2.45) is 0 Å². The van der Waals surface area contributed by atoms with Gasteiger partial charge in [0.05, 0.1) is 18.8 Å². The van der Waals surface area contributed by atoms with Crippen molar-refractivity contribution in [2.75, 3.05) is 26.7 Å². The molecule has 0 radical (unpaired) electrons. The van der Waals surface area contributed by atoms with Gasteiger partial charge < -0.3 is 5.11 Å². The smallest absolute Gasteiger partial charge is 0.123 e. The summed E-state index contributed by atoms with van der Waals surface area (Å²) >= 11 is 1.57. The summed E-state index contributed by atoms with van der Waals surface area (Å²) in [5, 5.41) is 14.0. The number of rotatable bonds is 6. The zero-order chi connectivity index (χ0) is 18.6. The van der Waals surface area contributed by atoms with E-state index in [1.165, 1.54) is 12.1 Å². The van der Waals surface area contributed by atoms with Crippen molar-refractivity contribution in [3.63, 3.8) is 0 Å². The van der Waals surface area contributed by atoms with E-state index in [0.29, 0.717) is 25.9 Å². The fraction of sp³-hybridized carbons (Fsp3) is 0.450. The van der Waals surface area contributed by atoms with Gasteiger partial charge in [-0.1, -0.05) is 18.1 Å². The molecule has 138 valence electrons.